The number of carbonyl (C=O) groups is 2. The second-order valence-corrected chi connectivity index (χ2v) is 3.69. The lowest BCUT2D eigenvalue weighted by atomic mass is 10.1. The van der Waals surface area contributed by atoms with Gasteiger partial charge >= 0.3 is 5.97 Å². The lowest BCUT2D eigenvalue weighted by Crippen LogP contribution is -2.13. The predicted octanol–water partition coefficient (Wildman–Crippen LogP) is 1.34. The number of rotatable bonds is 3. The molecule has 0 unspecified atom stereocenters. The summed E-state index contributed by atoms with van der Waals surface area (Å²) in [4.78, 5) is 28.4. The van der Waals surface area contributed by atoms with Crippen molar-refractivity contribution in [3.63, 3.8) is 0 Å². The molecule has 0 heterocycles. The molecule has 0 aliphatic carbocycles. The molecule has 0 fully saturated rings. The summed E-state index contributed by atoms with van der Waals surface area (Å²) in [6.07, 6.45) is 1.30. The standard InChI is InChI=1S/C12H13FN2O3/c1-15(2)7-14-11(16)9-5-4-8(13)6-10(9)12(17)18-3/h4-7H,1-3H3. The third-order valence-electron chi connectivity index (χ3n) is 2.02. The molecular formula is C12H13FN2O3. The molecule has 0 radical (unpaired) electrons. The van der Waals surface area contributed by atoms with Crippen molar-refractivity contribution in [1.82, 2.24) is 4.90 Å². The van der Waals surface area contributed by atoms with Crippen molar-refractivity contribution in [2.45, 2.75) is 0 Å². The Morgan fingerprint density at radius 2 is 2.00 bits per heavy atom. The van der Waals surface area contributed by atoms with Crippen molar-refractivity contribution in [2.75, 3.05) is 21.2 Å². The smallest absolute Gasteiger partial charge is 0.338 e. The molecular weight excluding hydrogens is 239 g/mol. The van der Waals surface area contributed by atoms with E-state index in [4.69, 9.17) is 0 Å². The zero-order chi connectivity index (χ0) is 13.7. The fourth-order valence-corrected chi connectivity index (χ4v) is 1.22. The van der Waals surface area contributed by atoms with Gasteiger partial charge in [-0.05, 0) is 18.2 Å². The van der Waals surface area contributed by atoms with Crippen molar-refractivity contribution in [3.05, 3.63) is 35.1 Å². The molecule has 1 aromatic carbocycles. The van der Waals surface area contributed by atoms with Gasteiger partial charge in [-0.15, -0.1) is 0 Å². The highest BCUT2D eigenvalue weighted by Crippen LogP contribution is 2.14. The minimum absolute atomic E-state index is 0.00125. The second kappa shape index (κ2) is 5.90. The number of benzene rings is 1. The highest BCUT2D eigenvalue weighted by molar-refractivity contribution is 6.07. The van der Waals surface area contributed by atoms with Crippen molar-refractivity contribution >= 4 is 18.2 Å². The molecule has 0 bridgehead atoms. The normalized spacial score (nSPS) is 10.4. The fourth-order valence-electron chi connectivity index (χ4n) is 1.22. The minimum Gasteiger partial charge on any atom is -0.465 e. The molecule has 1 amide bonds. The topological polar surface area (TPSA) is 59.0 Å². The van der Waals surface area contributed by atoms with Gasteiger partial charge in [0.2, 0.25) is 0 Å². The molecule has 18 heavy (non-hydrogen) atoms. The van der Waals surface area contributed by atoms with Crippen LogP contribution >= 0.6 is 0 Å². The largest absolute Gasteiger partial charge is 0.465 e. The van der Waals surface area contributed by atoms with Gasteiger partial charge in [0.1, 0.15) is 5.82 Å². The SMILES string of the molecule is COC(=O)c1cc(F)ccc1C(=O)N=CN(C)C. The van der Waals surface area contributed by atoms with E-state index in [1.165, 1.54) is 12.4 Å². The molecule has 1 rings (SSSR count). The summed E-state index contributed by atoms with van der Waals surface area (Å²) >= 11 is 0. The monoisotopic (exact) mass is 252 g/mol. The molecule has 0 aromatic heterocycles. The minimum atomic E-state index is -0.780. The van der Waals surface area contributed by atoms with Crippen LogP contribution in [0.4, 0.5) is 4.39 Å². The van der Waals surface area contributed by atoms with Crippen LogP contribution in [0.25, 0.3) is 0 Å². The number of amides is 1. The van der Waals surface area contributed by atoms with Gasteiger partial charge in [-0.3, -0.25) is 4.79 Å². The zero-order valence-electron chi connectivity index (χ0n) is 10.3. The van der Waals surface area contributed by atoms with Crippen LogP contribution in [0.15, 0.2) is 23.2 Å². The Balaban J connectivity index is 3.15. The Bertz CT molecular complexity index is 498. The molecule has 0 aliphatic rings. The van der Waals surface area contributed by atoms with E-state index in [-0.39, 0.29) is 11.1 Å². The number of aliphatic imine (C=N–C) groups is 1. The van der Waals surface area contributed by atoms with Crippen LogP contribution < -0.4 is 0 Å². The maximum atomic E-state index is 13.1. The summed E-state index contributed by atoms with van der Waals surface area (Å²) in [6, 6.07) is 3.24. The van der Waals surface area contributed by atoms with Gasteiger partial charge < -0.3 is 9.64 Å². The van der Waals surface area contributed by atoms with Gasteiger partial charge in [0.05, 0.1) is 24.6 Å². The molecule has 0 atom stereocenters. The van der Waals surface area contributed by atoms with E-state index in [0.717, 1.165) is 19.2 Å². The summed E-state index contributed by atoms with van der Waals surface area (Å²) in [6.45, 7) is 0. The maximum Gasteiger partial charge on any atom is 0.338 e. The Morgan fingerprint density at radius 1 is 1.33 bits per heavy atom. The average Bonchev–Trinajstić information content (AvgIpc) is 2.34. The van der Waals surface area contributed by atoms with Crippen LogP contribution in [0.2, 0.25) is 0 Å². The van der Waals surface area contributed by atoms with Crippen molar-refractivity contribution in [1.29, 1.82) is 0 Å². The number of carbonyl (C=O) groups excluding carboxylic acids is 2. The molecule has 5 nitrogen and oxygen atoms in total. The van der Waals surface area contributed by atoms with Gasteiger partial charge in [-0.2, -0.15) is 4.99 Å². The van der Waals surface area contributed by atoms with Crippen LogP contribution in [0, 0.1) is 5.82 Å². The van der Waals surface area contributed by atoms with Crippen LogP contribution in [0.3, 0.4) is 0 Å². The van der Waals surface area contributed by atoms with E-state index in [9.17, 15) is 14.0 Å². The molecule has 0 spiro atoms. The first-order valence-electron chi connectivity index (χ1n) is 5.08. The second-order valence-electron chi connectivity index (χ2n) is 3.69. The summed E-state index contributed by atoms with van der Waals surface area (Å²) in [7, 11) is 4.55. The van der Waals surface area contributed by atoms with E-state index < -0.39 is 17.7 Å². The number of nitrogens with zero attached hydrogens (tertiary/aromatic N) is 2. The maximum absolute atomic E-state index is 13.1. The van der Waals surface area contributed by atoms with Gasteiger partial charge in [-0.1, -0.05) is 0 Å². The Labute approximate surface area is 104 Å². The van der Waals surface area contributed by atoms with E-state index in [0.29, 0.717) is 0 Å². The number of ether oxygens (including phenoxy) is 1. The Kier molecular flexibility index (Phi) is 4.53. The molecule has 1 aromatic rings. The van der Waals surface area contributed by atoms with Crippen LogP contribution in [-0.2, 0) is 4.74 Å². The fraction of sp³-hybridized carbons (Fsp3) is 0.250. The number of methoxy groups -OCH3 is 1. The summed E-state index contributed by atoms with van der Waals surface area (Å²) in [5.41, 5.74) is -0.139. The first kappa shape index (κ1) is 13.8. The lowest BCUT2D eigenvalue weighted by Gasteiger charge is -2.06. The molecule has 0 saturated carbocycles. The lowest BCUT2D eigenvalue weighted by molar-refractivity contribution is 0.0596. The van der Waals surface area contributed by atoms with Gasteiger partial charge in [0.15, 0.2) is 0 Å². The quantitative estimate of drug-likeness (QED) is 0.463. The van der Waals surface area contributed by atoms with Crippen molar-refractivity contribution in [3.8, 4) is 0 Å². The summed E-state index contributed by atoms with van der Waals surface area (Å²) in [5, 5.41) is 0. The summed E-state index contributed by atoms with van der Waals surface area (Å²) in [5.74, 6) is -2.04. The van der Waals surface area contributed by atoms with Gasteiger partial charge in [-0.25, -0.2) is 9.18 Å². The first-order chi connectivity index (χ1) is 8.45. The van der Waals surface area contributed by atoms with Crippen molar-refractivity contribution in [2.24, 2.45) is 4.99 Å². The number of hydrogen-bond acceptors (Lipinski definition) is 3. The van der Waals surface area contributed by atoms with E-state index >= 15 is 0 Å². The average molecular weight is 252 g/mol. The molecule has 0 saturated heterocycles. The third-order valence-corrected chi connectivity index (χ3v) is 2.02. The zero-order valence-corrected chi connectivity index (χ0v) is 10.3. The Morgan fingerprint density at radius 3 is 2.56 bits per heavy atom. The van der Waals surface area contributed by atoms with E-state index in [1.807, 2.05) is 0 Å². The molecule has 0 aliphatic heterocycles. The number of esters is 1. The van der Waals surface area contributed by atoms with Gasteiger partial charge in [0.25, 0.3) is 5.91 Å². The van der Waals surface area contributed by atoms with E-state index in [2.05, 4.69) is 9.73 Å². The highest BCUT2D eigenvalue weighted by Gasteiger charge is 2.17. The number of hydrogen-bond donors (Lipinski definition) is 0. The van der Waals surface area contributed by atoms with Crippen LogP contribution in [0.5, 0.6) is 0 Å². The van der Waals surface area contributed by atoms with Crippen molar-refractivity contribution < 1.29 is 18.7 Å². The molecule has 6 heteroatoms. The Hall–Kier alpha value is -2.24. The number of halogens is 1. The molecule has 0 N–H and O–H groups in total. The van der Waals surface area contributed by atoms with Crippen LogP contribution in [0.1, 0.15) is 20.7 Å². The predicted molar refractivity (Wildman–Crippen MR) is 64.2 cm³/mol. The van der Waals surface area contributed by atoms with Gasteiger partial charge in [0, 0.05) is 14.1 Å². The van der Waals surface area contributed by atoms with E-state index in [1.54, 1.807) is 19.0 Å². The highest BCUT2D eigenvalue weighted by atomic mass is 19.1. The summed E-state index contributed by atoms with van der Waals surface area (Å²) < 4.78 is 17.5. The first-order valence-corrected chi connectivity index (χ1v) is 5.08. The van der Waals surface area contributed by atoms with Crippen LogP contribution in [-0.4, -0.2) is 44.3 Å². The molecule has 96 valence electrons. The third kappa shape index (κ3) is 3.38.